The number of hydrogen-bond donors (Lipinski definition) is 1. The third kappa shape index (κ3) is 5.95. The van der Waals surface area contributed by atoms with Gasteiger partial charge in [-0.1, -0.05) is 26.0 Å². The average Bonchev–Trinajstić information content (AvgIpc) is 2.47. The van der Waals surface area contributed by atoms with Crippen molar-refractivity contribution in [2.75, 3.05) is 19.6 Å². The van der Waals surface area contributed by atoms with Crippen molar-refractivity contribution >= 4 is 11.9 Å². The number of benzene rings is 1. The number of nitrogens with two attached hydrogens (primary N) is 1. The lowest BCUT2D eigenvalue weighted by molar-refractivity contribution is -0.134. The van der Waals surface area contributed by atoms with Gasteiger partial charge in [0.25, 0.3) is 5.91 Å². The highest BCUT2D eigenvalue weighted by Crippen LogP contribution is 2.18. The quantitative estimate of drug-likeness (QED) is 0.430. The number of nitrogens with zero attached hydrogens (tertiary/aromatic N) is 1. The molecule has 5 heteroatoms. The Morgan fingerprint density at radius 2 is 1.81 bits per heavy atom. The van der Waals surface area contributed by atoms with Gasteiger partial charge in [-0.2, -0.15) is 0 Å². The van der Waals surface area contributed by atoms with Crippen LogP contribution < -0.4 is 10.5 Å². The lowest BCUT2D eigenvalue weighted by Crippen LogP contribution is -2.24. The first-order valence-electron chi connectivity index (χ1n) is 7.40. The van der Waals surface area contributed by atoms with Gasteiger partial charge in [0.2, 0.25) is 0 Å². The van der Waals surface area contributed by atoms with Crippen LogP contribution in [0.2, 0.25) is 0 Å². The Labute approximate surface area is 126 Å². The molecule has 1 rings (SSSR count). The third-order valence-electron chi connectivity index (χ3n) is 3.38. The molecule has 0 aliphatic rings. The van der Waals surface area contributed by atoms with Crippen LogP contribution in [0.1, 0.15) is 43.5 Å². The third-order valence-corrected chi connectivity index (χ3v) is 3.38. The fourth-order valence-electron chi connectivity index (χ4n) is 2.08. The smallest absolute Gasteiger partial charge is 0.311 e. The molecule has 0 atom stereocenters. The molecule has 0 radical (unpaired) electrons. The zero-order chi connectivity index (χ0) is 15.7. The van der Waals surface area contributed by atoms with Crippen LogP contribution in [-0.4, -0.2) is 36.4 Å². The largest absolute Gasteiger partial charge is 0.426 e. The van der Waals surface area contributed by atoms with Gasteiger partial charge in [0.15, 0.2) is 0 Å². The summed E-state index contributed by atoms with van der Waals surface area (Å²) in [5, 5.41) is 0. The molecule has 0 aliphatic heterocycles. The second-order valence-corrected chi connectivity index (χ2v) is 4.82. The second kappa shape index (κ2) is 9.13. The van der Waals surface area contributed by atoms with Crippen LogP contribution in [0.15, 0.2) is 24.3 Å². The van der Waals surface area contributed by atoms with Crippen molar-refractivity contribution < 1.29 is 14.3 Å². The maximum absolute atomic E-state index is 11.8. The van der Waals surface area contributed by atoms with Gasteiger partial charge in [-0.05, 0) is 44.6 Å². The molecule has 2 N–H and O–H groups in total. The van der Waals surface area contributed by atoms with Crippen molar-refractivity contribution in [3.05, 3.63) is 29.8 Å². The van der Waals surface area contributed by atoms with Crippen molar-refractivity contribution in [1.29, 1.82) is 0 Å². The van der Waals surface area contributed by atoms with Crippen molar-refractivity contribution in [2.45, 2.75) is 33.1 Å². The Balaban J connectivity index is 2.39. The molecule has 21 heavy (non-hydrogen) atoms. The van der Waals surface area contributed by atoms with Gasteiger partial charge in [-0.15, -0.1) is 0 Å². The van der Waals surface area contributed by atoms with Crippen LogP contribution in [0.25, 0.3) is 0 Å². The van der Waals surface area contributed by atoms with E-state index in [1.54, 1.807) is 24.3 Å². The summed E-state index contributed by atoms with van der Waals surface area (Å²) in [5.74, 6) is -0.693. The van der Waals surface area contributed by atoms with Crippen LogP contribution >= 0.6 is 0 Å². The van der Waals surface area contributed by atoms with E-state index in [2.05, 4.69) is 18.7 Å². The van der Waals surface area contributed by atoms with Crippen molar-refractivity contribution in [2.24, 2.45) is 5.73 Å². The number of primary amides is 1. The predicted octanol–water partition coefficient (Wildman–Crippen LogP) is 2.20. The molecule has 0 bridgehead atoms. The fraction of sp³-hybridized carbons (Fsp3) is 0.500. The summed E-state index contributed by atoms with van der Waals surface area (Å²) < 4.78 is 5.21. The molecule has 1 amide bonds. The Morgan fingerprint density at radius 3 is 2.43 bits per heavy atom. The molecular formula is C16H24N2O3. The SMILES string of the molecule is CCN(CC)CCCCC(=O)Oc1ccccc1C(N)=O. The molecule has 5 nitrogen and oxygen atoms in total. The summed E-state index contributed by atoms with van der Waals surface area (Å²) in [6, 6.07) is 6.51. The first kappa shape index (κ1) is 17.2. The number of amides is 1. The van der Waals surface area contributed by atoms with Gasteiger partial charge in [-0.25, -0.2) is 0 Å². The standard InChI is InChI=1S/C16H24N2O3/c1-3-18(4-2)12-8-7-11-15(19)21-14-10-6-5-9-13(14)16(17)20/h5-6,9-10H,3-4,7-8,11-12H2,1-2H3,(H2,17,20). The Morgan fingerprint density at radius 1 is 1.14 bits per heavy atom. The van der Waals surface area contributed by atoms with Crippen molar-refractivity contribution in [3.8, 4) is 5.75 Å². The average molecular weight is 292 g/mol. The van der Waals surface area contributed by atoms with E-state index >= 15 is 0 Å². The second-order valence-electron chi connectivity index (χ2n) is 4.82. The minimum atomic E-state index is -0.597. The Hall–Kier alpha value is -1.88. The minimum Gasteiger partial charge on any atom is -0.426 e. The number of unbranched alkanes of at least 4 members (excludes halogenated alkanes) is 1. The van der Waals surface area contributed by atoms with Crippen molar-refractivity contribution in [1.82, 2.24) is 4.90 Å². The summed E-state index contributed by atoms with van der Waals surface area (Å²) in [6.07, 6.45) is 2.07. The first-order chi connectivity index (χ1) is 10.1. The minimum absolute atomic E-state index is 0.231. The van der Waals surface area contributed by atoms with E-state index in [1.807, 2.05) is 0 Å². The van der Waals surface area contributed by atoms with E-state index in [0.29, 0.717) is 6.42 Å². The zero-order valence-corrected chi connectivity index (χ0v) is 12.8. The Bertz CT molecular complexity index is 470. The zero-order valence-electron chi connectivity index (χ0n) is 12.8. The van der Waals surface area contributed by atoms with E-state index < -0.39 is 5.91 Å². The summed E-state index contributed by atoms with van der Waals surface area (Å²) in [7, 11) is 0. The lowest BCUT2D eigenvalue weighted by atomic mass is 10.2. The van der Waals surface area contributed by atoms with Gasteiger partial charge >= 0.3 is 5.97 Å². The molecule has 0 spiro atoms. The van der Waals surface area contributed by atoms with E-state index in [0.717, 1.165) is 32.5 Å². The molecule has 0 heterocycles. The van der Waals surface area contributed by atoms with E-state index in [1.165, 1.54) is 0 Å². The van der Waals surface area contributed by atoms with Gasteiger partial charge in [-0.3, -0.25) is 9.59 Å². The highest BCUT2D eigenvalue weighted by atomic mass is 16.5. The number of esters is 1. The van der Waals surface area contributed by atoms with Gasteiger partial charge in [0.1, 0.15) is 5.75 Å². The van der Waals surface area contributed by atoms with E-state index in [9.17, 15) is 9.59 Å². The van der Waals surface area contributed by atoms with Crippen LogP contribution in [0, 0.1) is 0 Å². The highest BCUT2D eigenvalue weighted by Gasteiger charge is 2.12. The molecule has 1 aromatic carbocycles. The predicted molar refractivity (Wildman–Crippen MR) is 82.2 cm³/mol. The van der Waals surface area contributed by atoms with E-state index in [4.69, 9.17) is 10.5 Å². The molecule has 0 saturated heterocycles. The fourth-order valence-corrected chi connectivity index (χ4v) is 2.08. The van der Waals surface area contributed by atoms with Crippen LogP contribution in [0.4, 0.5) is 0 Å². The molecule has 0 unspecified atom stereocenters. The number of ether oxygens (including phenoxy) is 1. The van der Waals surface area contributed by atoms with Crippen LogP contribution in [0.3, 0.4) is 0 Å². The number of carbonyl (C=O) groups excluding carboxylic acids is 2. The molecule has 116 valence electrons. The van der Waals surface area contributed by atoms with Gasteiger partial charge in [0, 0.05) is 6.42 Å². The normalized spacial score (nSPS) is 10.6. The number of para-hydroxylation sites is 1. The number of hydrogen-bond acceptors (Lipinski definition) is 4. The Kier molecular flexibility index (Phi) is 7.46. The molecular weight excluding hydrogens is 268 g/mol. The highest BCUT2D eigenvalue weighted by molar-refractivity contribution is 5.96. The maximum Gasteiger partial charge on any atom is 0.311 e. The lowest BCUT2D eigenvalue weighted by Gasteiger charge is -2.17. The summed E-state index contributed by atoms with van der Waals surface area (Å²) in [6.45, 7) is 7.27. The number of rotatable bonds is 9. The summed E-state index contributed by atoms with van der Waals surface area (Å²) in [4.78, 5) is 25.3. The van der Waals surface area contributed by atoms with Crippen LogP contribution in [-0.2, 0) is 4.79 Å². The van der Waals surface area contributed by atoms with Gasteiger partial charge in [0.05, 0.1) is 5.56 Å². The molecule has 0 aromatic heterocycles. The van der Waals surface area contributed by atoms with Crippen LogP contribution in [0.5, 0.6) is 5.75 Å². The molecule has 1 aromatic rings. The number of carbonyl (C=O) groups is 2. The topological polar surface area (TPSA) is 72.6 Å². The molecule has 0 fully saturated rings. The van der Waals surface area contributed by atoms with E-state index in [-0.39, 0.29) is 17.3 Å². The molecule has 0 aliphatic carbocycles. The maximum atomic E-state index is 11.8. The van der Waals surface area contributed by atoms with Gasteiger partial charge < -0.3 is 15.4 Å². The summed E-state index contributed by atoms with van der Waals surface area (Å²) >= 11 is 0. The van der Waals surface area contributed by atoms with Crippen molar-refractivity contribution in [3.63, 3.8) is 0 Å². The molecule has 0 saturated carbocycles. The monoisotopic (exact) mass is 292 g/mol. The first-order valence-corrected chi connectivity index (χ1v) is 7.40. The summed E-state index contributed by atoms with van der Waals surface area (Å²) in [5.41, 5.74) is 5.47.